The van der Waals surface area contributed by atoms with Crippen molar-refractivity contribution in [1.29, 1.82) is 0 Å². The number of nitrogens with one attached hydrogen (secondary N) is 1. The standard InChI is InChI=1S/C21H11Cl2N3OS3/c22-13-5-1-11(2-6-13)9-17-18(27)25-21(29-17)26-20-24-15-10-16(28-19(15)30-20)12-3-7-14(23)8-4-12/h1-10H,(H,24,25,26,27)/b17-9+. The Morgan fingerprint density at radius 1 is 0.967 bits per heavy atom. The molecule has 0 spiro atoms. The number of amides is 1. The number of fused-ring (bicyclic) bond motifs is 1. The summed E-state index contributed by atoms with van der Waals surface area (Å²) < 4.78 is 1.09. The topological polar surface area (TPSA) is 54.4 Å². The van der Waals surface area contributed by atoms with Crippen LogP contribution in [0.2, 0.25) is 10.0 Å². The fourth-order valence-electron chi connectivity index (χ4n) is 2.81. The van der Waals surface area contributed by atoms with Gasteiger partial charge in [-0.1, -0.05) is 58.8 Å². The molecule has 1 aliphatic rings. The largest absolute Gasteiger partial charge is 0.300 e. The van der Waals surface area contributed by atoms with Crippen LogP contribution >= 0.6 is 57.6 Å². The average Bonchev–Trinajstić information content (AvgIpc) is 3.38. The number of halogens is 2. The molecule has 0 atom stereocenters. The van der Waals surface area contributed by atoms with Gasteiger partial charge in [-0.05, 0) is 59.3 Å². The van der Waals surface area contributed by atoms with Crippen molar-refractivity contribution in [1.82, 2.24) is 10.3 Å². The number of thiophene rings is 1. The van der Waals surface area contributed by atoms with Gasteiger partial charge < -0.3 is 5.32 Å². The minimum absolute atomic E-state index is 0.169. The second-order valence-electron chi connectivity index (χ2n) is 6.32. The third-order valence-electron chi connectivity index (χ3n) is 4.22. The number of amidine groups is 1. The van der Waals surface area contributed by atoms with Crippen LogP contribution in [0, 0.1) is 0 Å². The molecule has 2 aromatic heterocycles. The summed E-state index contributed by atoms with van der Waals surface area (Å²) >= 11 is 16.4. The van der Waals surface area contributed by atoms with Gasteiger partial charge in [-0.2, -0.15) is 4.99 Å². The third kappa shape index (κ3) is 4.17. The van der Waals surface area contributed by atoms with Gasteiger partial charge in [-0.25, -0.2) is 4.98 Å². The number of hydrogen-bond donors (Lipinski definition) is 1. The number of carbonyl (C=O) groups is 1. The van der Waals surface area contributed by atoms with Crippen LogP contribution in [0.4, 0.5) is 5.13 Å². The average molecular weight is 488 g/mol. The molecule has 0 radical (unpaired) electrons. The summed E-state index contributed by atoms with van der Waals surface area (Å²) in [4.78, 5) is 23.1. The molecule has 1 fully saturated rings. The maximum atomic E-state index is 12.3. The summed E-state index contributed by atoms with van der Waals surface area (Å²) in [6.45, 7) is 0. The zero-order chi connectivity index (χ0) is 20.7. The van der Waals surface area contributed by atoms with E-state index in [1.807, 2.05) is 42.5 Å². The Balaban J connectivity index is 1.37. The number of thioether (sulfide) groups is 1. The molecule has 0 unspecified atom stereocenters. The first-order valence-corrected chi connectivity index (χ1v) is 12.0. The number of carbonyl (C=O) groups excluding carboxylic acids is 1. The number of hydrogen-bond acceptors (Lipinski definition) is 6. The summed E-state index contributed by atoms with van der Waals surface area (Å²) in [5.74, 6) is -0.169. The van der Waals surface area contributed by atoms with Gasteiger partial charge in [0.1, 0.15) is 4.01 Å². The lowest BCUT2D eigenvalue weighted by molar-refractivity contribution is -0.115. The number of rotatable bonds is 3. The van der Waals surface area contributed by atoms with E-state index in [2.05, 4.69) is 21.4 Å². The summed E-state index contributed by atoms with van der Waals surface area (Å²) in [5, 5.41) is 5.32. The van der Waals surface area contributed by atoms with Gasteiger partial charge in [0.2, 0.25) is 5.13 Å². The van der Waals surface area contributed by atoms with Gasteiger partial charge >= 0.3 is 0 Å². The molecule has 1 aliphatic heterocycles. The second kappa shape index (κ2) is 8.17. The van der Waals surface area contributed by atoms with E-state index in [-0.39, 0.29) is 5.91 Å². The molecule has 0 saturated carbocycles. The molecule has 5 rings (SSSR count). The Labute approximate surface area is 194 Å². The molecule has 30 heavy (non-hydrogen) atoms. The highest BCUT2D eigenvalue weighted by Gasteiger charge is 2.24. The third-order valence-corrected chi connectivity index (χ3v) is 7.87. The van der Waals surface area contributed by atoms with Gasteiger partial charge in [-0.3, -0.25) is 4.79 Å². The molecule has 4 nitrogen and oxygen atoms in total. The minimum atomic E-state index is -0.169. The van der Waals surface area contributed by atoms with Crippen LogP contribution < -0.4 is 5.32 Å². The number of thiazole rings is 1. The van der Waals surface area contributed by atoms with E-state index in [9.17, 15) is 4.79 Å². The highest BCUT2D eigenvalue weighted by Crippen LogP contribution is 2.40. The Hall–Kier alpha value is -2.16. The van der Waals surface area contributed by atoms with Crippen LogP contribution in [0.25, 0.3) is 26.0 Å². The van der Waals surface area contributed by atoms with Gasteiger partial charge in [0.05, 0.1) is 10.4 Å². The first kappa shape index (κ1) is 19.8. The van der Waals surface area contributed by atoms with Crippen LogP contribution in [0.15, 0.2) is 64.5 Å². The van der Waals surface area contributed by atoms with Crippen LogP contribution in [0.3, 0.4) is 0 Å². The van der Waals surface area contributed by atoms with E-state index in [4.69, 9.17) is 23.2 Å². The molecule has 3 heterocycles. The normalized spacial score (nSPS) is 16.7. The fourth-order valence-corrected chi connectivity index (χ4v) is 6.09. The fraction of sp³-hybridized carbons (Fsp3) is 0. The smallest absolute Gasteiger partial charge is 0.264 e. The van der Waals surface area contributed by atoms with Gasteiger partial charge in [0, 0.05) is 14.9 Å². The van der Waals surface area contributed by atoms with E-state index in [1.54, 1.807) is 23.5 Å². The van der Waals surface area contributed by atoms with E-state index >= 15 is 0 Å². The van der Waals surface area contributed by atoms with Crippen LogP contribution in [0.5, 0.6) is 0 Å². The maximum Gasteiger partial charge on any atom is 0.264 e. The lowest BCUT2D eigenvalue weighted by atomic mass is 10.2. The molecule has 1 amide bonds. The van der Waals surface area contributed by atoms with Crippen LogP contribution in [-0.2, 0) is 4.79 Å². The van der Waals surface area contributed by atoms with Crippen molar-refractivity contribution in [3.8, 4) is 10.4 Å². The van der Waals surface area contributed by atoms with Crippen molar-refractivity contribution < 1.29 is 4.79 Å². The van der Waals surface area contributed by atoms with Gasteiger partial charge in [0.25, 0.3) is 5.91 Å². The Morgan fingerprint density at radius 2 is 1.67 bits per heavy atom. The van der Waals surface area contributed by atoms with Crippen molar-refractivity contribution in [3.05, 3.63) is 75.1 Å². The lowest BCUT2D eigenvalue weighted by Gasteiger charge is -1.96. The Morgan fingerprint density at radius 3 is 2.37 bits per heavy atom. The van der Waals surface area contributed by atoms with Gasteiger partial charge in [0.15, 0.2) is 5.17 Å². The zero-order valence-electron chi connectivity index (χ0n) is 15.1. The molecular formula is C21H11Cl2N3OS3. The van der Waals surface area contributed by atoms with Crippen molar-refractivity contribution in [2.45, 2.75) is 0 Å². The monoisotopic (exact) mass is 487 g/mol. The van der Waals surface area contributed by atoms with Crippen LogP contribution in [0.1, 0.15) is 5.56 Å². The van der Waals surface area contributed by atoms with Crippen molar-refractivity contribution >= 4 is 89.5 Å². The molecular weight excluding hydrogens is 477 g/mol. The van der Waals surface area contributed by atoms with Gasteiger partial charge in [-0.15, -0.1) is 11.3 Å². The summed E-state index contributed by atoms with van der Waals surface area (Å²) in [6, 6.07) is 17.1. The van der Waals surface area contributed by atoms with Crippen LogP contribution in [-0.4, -0.2) is 16.1 Å². The van der Waals surface area contributed by atoms with E-state index in [1.165, 1.54) is 23.1 Å². The number of aromatic nitrogens is 1. The number of benzene rings is 2. The predicted molar refractivity (Wildman–Crippen MR) is 130 cm³/mol. The van der Waals surface area contributed by atoms with E-state index in [0.29, 0.717) is 25.2 Å². The van der Waals surface area contributed by atoms with Crippen molar-refractivity contribution in [2.75, 3.05) is 0 Å². The molecule has 0 aliphatic carbocycles. The molecule has 0 bridgehead atoms. The first-order chi connectivity index (χ1) is 14.5. The lowest BCUT2D eigenvalue weighted by Crippen LogP contribution is -2.19. The summed E-state index contributed by atoms with van der Waals surface area (Å²) in [7, 11) is 0. The molecule has 148 valence electrons. The minimum Gasteiger partial charge on any atom is -0.300 e. The van der Waals surface area contributed by atoms with E-state index < -0.39 is 0 Å². The Bertz CT molecular complexity index is 1290. The summed E-state index contributed by atoms with van der Waals surface area (Å²) in [6.07, 6.45) is 1.82. The number of nitrogens with zero attached hydrogens (tertiary/aromatic N) is 2. The maximum absolute atomic E-state index is 12.3. The second-order valence-corrected chi connectivity index (χ2v) is 10.5. The molecule has 1 saturated heterocycles. The predicted octanol–water partition coefficient (Wildman–Crippen LogP) is 7.22. The van der Waals surface area contributed by atoms with Crippen molar-refractivity contribution in [3.63, 3.8) is 0 Å². The molecule has 4 aromatic rings. The quantitative estimate of drug-likeness (QED) is 0.310. The SMILES string of the molecule is O=C1N/C(=N/c2nc3cc(-c4ccc(Cl)cc4)sc3s2)S/C1=C/c1ccc(Cl)cc1. The van der Waals surface area contributed by atoms with Crippen molar-refractivity contribution in [2.24, 2.45) is 4.99 Å². The Kier molecular flexibility index (Phi) is 5.39. The highest BCUT2D eigenvalue weighted by molar-refractivity contribution is 8.18. The highest BCUT2D eigenvalue weighted by atomic mass is 35.5. The summed E-state index contributed by atoms with van der Waals surface area (Å²) in [5.41, 5.74) is 2.92. The zero-order valence-corrected chi connectivity index (χ0v) is 19.0. The number of aliphatic imine (C=N–C) groups is 1. The molecule has 9 heteroatoms. The molecule has 2 aromatic carbocycles. The molecule has 1 N–H and O–H groups in total. The first-order valence-electron chi connectivity index (χ1n) is 8.75. The van der Waals surface area contributed by atoms with E-state index in [0.717, 1.165) is 25.5 Å².